The zero-order valence-corrected chi connectivity index (χ0v) is 11.7. The molecule has 1 rings (SSSR count). The first kappa shape index (κ1) is 14.8. The van der Waals surface area contributed by atoms with Gasteiger partial charge in [0, 0.05) is 6.54 Å². The molecule has 0 aromatic rings. The average Bonchev–Trinajstić information content (AvgIpc) is 2.38. The molecule has 0 radical (unpaired) electrons. The Labute approximate surface area is 108 Å². The molecule has 1 nitrogen and oxygen atoms in total. The van der Waals surface area contributed by atoms with E-state index >= 15 is 0 Å². The summed E-state index contributed by atoms with van der Waals surface area (Å²) >= 11 is 0. The molecule has 1 heteroatoms. The molecule has 0 amide bonds. The Morgan fingerprint density at radius 3 is 2.53 bits per heavy atom. The molecule has 0 atom stereocenters. The monoisotopic (exact) mass is 237 g/mol. The van der Waals surface area contributed by atoms with E-state index in [-0.39, 0.29) is 0 Å². The van der Waals surface area contributed by atoms with Gasteiger partial charge in [0.1, 0.15) is 0 Å². The summed E-state index contributed by atoms with van der Waals surface area (Å²) in [5, 5.41) is 3.52. The minimum absolute atomic E-state index is 0.884. The number of hydrogen-bond acceptors (Lipinski definition) is 1. The van der Waals surface area contributed by atoms with Crippen LogP contribution in [0.15, 0.2) is 12.2 Å². The molecule has 1 fully saturated rings. The van der Waals surface area contributed by atoms with Crippen LogP contribution in [0.5, 0.6) is 0 Å². The minimum Gasteiger partial charge on any atom is -0.313 e. The molecular formula is C16H31N. The normalized spacial score (nSPS) is 17.9. The van der Waals surface area contributed by atoms with Crippen LogP contribution in [0, 0.1) is 5.92 Å². The topological polar surface area (TPSA) is 12.0 Å². The summed E-state index contributed by atoms with van der Waals surface area (Å²) in [6.45, 7) is 4.54. The molecule has 0 aliphatic heterocycles. The van der Waals surface area contributed by atoms with Crippen molar-refractivity contribution in [3.8, 4) is 0 Å². The first-order valence-electron chi connectivity index (χ1n) is 7.81. The summed E-state index contributed by atoms with van der Waals surface area (Å²) in [5.41, 5.74) is 0. The maximum Gasteiger partial charge on any atom is 0.0134 e. The predicted molar refractivity (Wildman–Crippen MR) is 77.3 cm³/mol. The van der Waals surface area contributed by atoms with Crippen LogP contribution >= 0.6 is 0 Å². The van der Waals surface area contributed by atoms with E-state index in [0.29, 0.717) is 0 Å². The standard InChI is InChI=1S/C16H31N/c1-2-3-4-5-9-14-17-15-10-13-16-11-7-6-8-12-16/h10,13,16-17H,2-9,11-12,14-15H2,1H3. The average molecular weight is 237 g/mol. The quantitative estimate of drug-likeness (QED) is 0.453. The molecule has 0 aromatic heterocycles. The van der Waals surface area contributed by atoms with Crippen LogP contribution in [0.1, 0.15) is 71.1 Å². The molecule has 1 saturated carbocycles. The highest BCUT2D eigenvalue weighted by atomic mass is 14.8. The number of unbranched alkanes of at least 4 members (excludes halogenated alkanes) is 4. The molecule has 0 saturated heterocycles. The van der Waals surface area contributed by atoms with Gasteiger partial charge in [0.2, 0.25) is 0 Å². The molecule has 100 valence electrons. The molecule has 1 N–H and O–H groups in total. The molecule has 0 heterocycles. The van der Waals surface area contributed by atoms with Crippen molar-refractivity contribution >= 4 is 0 Å². The maximum atomic E-state index is 3.52. The molecule has 1 aliphatic rings. The summed E-state index contributed by atoms with van der Waals surface area (Å²) in [6.07, 6.45) is 18.9. The smallest absolute Gasteiger partial charge is 0.0134 e. The molecule has 0 spiro atoms. The highest BCUT2D eigenvalue weighted by Gasteiger charge is 2.08. The number of hydrogen-bond donors (Lipinski definition) is 1. The maximum absolute atomic E-state index is 3.52. The largest absolute Gasteiger partial charge is 0.313 e. The Morgan fingerprint density at radius 2 is 1.76 bits per heavy atom. The summed E-state index contributed by atoms with van der Waals surface area (Å²) < 4.78 is 0. The molecular weight excluding hydrogens is 206 g/mol. The Hall–Kier alpha value is -0.300. The van der Waals surface area contributed by atoms with Gasteiger partial charge in [0.15, 0.2) is 0 Å². The van der Waals surface area contributed by atoms with Gasteiger partial charge in [-0.1, -0.05) is 64.0 Å². The first-order valence-corrected chi connectivity index (χ1v) is 7.81. The van der Waals surface area contributed by atoms with Crippen molar-refractivity contribution in [2.24, 2.45) is 5.92 Å². The zero-order valence-electron chi connectivity index (χ0n) is 11.7. The van der Waals surface area contributed by atoms with Crippen LogP contribution in [0.4, 0.5) is 0 Å². The van der Waals surface area contributed by atoms with Gasteiger partial charge in [-0.15, -0.1) is 0 Å². The molecule has 1 aliphatic carbocycles. The van der Waals surface area contributed by atoms with Crippen molar-refractivity contribution in [2.75, 3.05) is 13.1 Å². The van der Waals surface area contributed by atoms with Gasteiger partial charge in [-0.3, -0.25) is 0 Å². The van der Waals surface area contributed by atoms with Crippen LogP contribution in [0.2, 0.25) is 0 Å². The molecule has 17 heavy (non-hydrogen) atoms. The summed E-state index contributed by atoms with van der Waals surface area (Å²) in [4.78, 5) is 0. The lowest BCUT2D eigenvalue weighted by molar-refractivity contribution is 0.418. The number of allylic oxidation sites excluding steroid dienone is 1. The van der Waals surface area contributed by atoms with Crippen molar-refractivity contribution in [1.82, 2.24) is 5.32 Å². The zero-order chi connectivity index (χ0) is 12.2. The predicted octanol–water partition coefficient (Wildman–Crippen LogP) is 4.68. The second-order valence-corrected chi connectivity index (χ2v) is 5.44. The summed E-state index contributed by atoms with van der Waals surface area (Å²) in [6, 6.07) is 0. The lowest BCUT2D eigenvalue weighted by Gasteiger charge is -2.17. The number of rotatable bonds is 9. The highest BCUT2D eigenvalue weighted by Crippen LogP contribution is 2.24. The third kappa shape index (κ3) is 8.43. The van der Waals surface area contributed by atoms with E-state index in [1.165, 1.54) is 70.8 Å². The van der Waals surface area contributed by atoms with Crippen LogP contribution in [0.25, 0.3) is 0 Å². The van der Waals surface area contributed by atoms with Crippen LogP contribution in [-0.4, -0.2) is 13.1 Å². The van der Waals surface area contributed by atoms with Gasteiger partial charge in [-0.25, -0.2) is 0 Å². The van der Waals surface area contributed by atoms with E-state index in [1.807, 2.05) is 0 Å². The van der Waals surface area contributed by atoms with Crippen molar-refractivity contribution in [2.45, 2.75) is 71.1 Å². The Bertz CT molecular complexity index is 180. The Morgan fingerprint density at radius 1 is 1.00 bits per heavy atom. The highest BCUT2D eigenvalue weighted by molar-refractivity contribution is 4.91. The molecule has 0 bridgehead atoms. The van der Waals surface area contributed by atoms with E-state index in [4.69, 9.17) is 0 Å². The molecule has 0 aromatic carbocycles. The van der Waals surface area contributed by atoms with Gasteiger partial charge in [0.25, 0.3) is 0 Å². The van der Waals surface area contributed by atoms with E-state index in [9.17, 15) is 0 Å². The van der Waals surface area contributed by atoms with Gasteiger partial charge in [0.05, 0.1) is 0 Å². The Kier molecular flexibility index (Phi) is 9.40. The first-order chi connectivity index (χ1) is 8.43. The summed E-state index contributed by atoms with van der Waals surface area (Å²) in [7, 11) is 0. The fourth-order valence-electron chi connectivity index (χ4n) is 2.63. The van der Waals surface area contributed by atoms with Crippen LogP contribution < -0.4 is 5.32 Å². The van der Waals surface area contributed by atoms with Crippen molar-refractivity contribution in [3.63, 3.8) is 0 Å². The second-order valence-electron chi connectivity index (χ2n) is 5.44. The molecule has 0 unspecified atom stereocenters. The lowest BCUT2D eigenvalue weighted by atomic mass is 9.89. The van der Waals surface area contributed by atoms with Crippen LogP contribution in [-0.2, 0) is 0 Å². The van der Waals surface area contributed by atoms with Crippen molar-refractivity contribution in [1.29, 1.82) is 0 Å². The Balaban J connectivity index is 1.84. The minimum atomic E-state index is 0.884. The SMILES string of the molecule is CCCCCCCNCC=CC1CCCCC1. The summed E-state index contributed by atoms with van der Waals surface area (Å²) in [5.74, 6) is 0.884. The fourth-order valence-corrected chi connectivity index (χ4v) is 2.63. The van der Waals surface area contributed by atoms with Crippen molar-refractivity contribution < 1.29 is 0 Å². The lowest BCUT2D eigenvalue weighted by Crippen LogP contribution is -2.15. The van der Waals surface area contributed by atoms with E-state index in [2.05, 4.69) is 24.4 Å². The van der Waals surface area contributed by atoms with E-state index in [1.54, 1.807) is 0 Å². The third-order valence-corrected chi connectivity index (χ3v) is 3.78. The van der Waals surface area contributed by atoms with Gasteiger partial charge in [-0.05, 0) is 31.7 Å². The number of nitrogens with one attached hydrogen (secondary N) is 1. The fraction of sp³-hybridized carbons (Fsp3) is 0.875. The second kappa shape index (κ2) is 10.8. The van der Waals surface area contributed by atoms with Gasteiger partial charge < -0.3 is 5.32 Å². The van der Waals surface area contributed by atoms with E-state index in [0.717, 1.165) is 12.5 Å². The van der Waals surface area contributed by atoms with Gasteiger partial charge in [-0.2, -0.15) is 0 Å². The van der Waals surface area contributed by atoms with Gasteiger partial charge >= 0.3 is 0 Å². The van der Waals surface area contributed by atoms with Crippen LogP contribution in [0.3, 0.4) is 0 Å². The van der Waals surface area contributed by atoms with E-state index < -0.39 is 0 Å². The third-order valence-electron chi connectivity index (χ3n) is 3.78. The van der Waals surface area contributed by atoms with Crippen molar-refractivity contribution in [3.05, 3.63) is 12.2 Å².